The van der Waals surface area contributed by atoms with Gasteiger partial charge >= 0.3 is 6.03 Å². The van der Waals surface area contributed by atoms with Gasteiger partial charge in [-0.2, -0.15) is 4.37 Å². The summed E-state index contributed by atoms with van der Waals surface area (Å²) in [6.07, 6.45) is 1.50. The molecule has 1 aliphatic heterocycles. The van der Waals surface area contributed by atoms with Crippen molar-refractivity contribution >= 4 is 28.4 Å². The molecule has 3 aromatic carbocycles. The highest BCUT2D eigenvalue weighted by molar-refractivity contribution is 7.09. The van der Waals surface area contributed by atoms with Crippen molar-refractivity contribution in [1.29, 1.82) is 0 Å². The molecule has 2 amide bonds. The van der Waals surface area contributed by atoms with Crippen LogP contribution in [0.15, 0.2) is 89.3 Å². The number of rotatable bonds is 7. The van der Waals surface area contributed by atoms with Gasteiger partial charge in [-0.05, 0) is 50.1 Å². The minimum atomic E-state index is -0.123. The smallest absolute Gasteiger partial charge is 0.322 e. The Morgan fingerprint density at radius 3 is 2.43 bits per heavy atom. The van der Waals surface area contributed by atoms with E-state index in [1.54, 1.807) is 0 Å². The van der Waals surface area contributed by atoms with Gasteiger partial charge in [-0.3, -0.25) is 0 Å². The van der Waals surface area contributed by atoms with E-state index in [-0.39, 0.29) is 6.03 Å². The third-order valence-corrected chi connectivity index (χ3v) is 8.00. The van der Waals surface area contributed by atoms with Crippen molar-refractivity contribution in [2.24, 2.45) is 0 Å². The van der Waals surface area contributed by atoms with Crippen LogP contribution in [0.2, 0.25) is 0 Å². The van der Waals surface area contributed by atoms with Crippen molar-refractivity contribution in [2.45, 2.75) is 26.7 Å². The van der Waals surface area contributed by atoms with Gasteiger partial charge in [-0.1, -0.05) is 60.2 Å². The fourth-order valence-electron chi connectivity index (χ4n) is 4.96. The SMILES string of the molecule is Cc1ccc(Oc2ccc(Cc3nsc(N4CCCN(C(=O)Nc5cc(C)oc5-c5ccccc5)CC4)n3)cc2)cc1. The number of hydrogen-bond donors (Lipinski definition) is 1. The molecule has 0 atom stereocenters. The molecule has 3 heterocycles. The Balaban J connectivity index is 1.04. The van der Waals surface area contributed by atoms with E-state index >= 15 is 0 Å². The molecule has 6 rings (SSSR count). The van der Waals surface area contributed by atoms with E-state index in [0.29, 0.717) is 37.5 Å². The molecular formula is C33H33N5O3S. The molecule has 1 aliphatic rings. The second kappa shape index (κ2) is 12.5. The zero-order valence-corrected chi connectivity index (χ0v) is 24.6. The first-order valence-corrected chi connectivity index (χ1v) is 14.9. The quantitative estimate of drug-likeness (QED) is 0.214. The first-order chi connectivity index (χ1) is 20.5. The number of carbonyl (C=O) groups excluding carboxylic acids is 1. The van der Waals surface area contributed by atoms with E-state index < -0.39 is 0 Å². The molecule has 9 heteroatoms. The molecule has 1 fully saturated rings. The molecule has 0 spiro atoms. The number of anilines is 2. The summed E-state index contributed by atoms with van der Waals surface area (Å²) in [5, 5.41) is 3.97. The first kappa shape index (κ1) is 27.5. The third kappa shape index (κ3) is 6.63. The number of ether oxygens (including phenoxy) is 1. The molecule has 42 heavy (non-hydrogen) atoms. The minimum absolute atomic E-state index is 0.123. The lowest BCUT2D eigenvalue weighted by atomic mass is 10.1. The van der Waals surface area contributed by atoms with Gasteiger partial charge in [-0.15, -0.1) is 0 Å². The summed E-state index contributed by atoms with van der Waals surface area (Å²) in [6, 6.07) is 27.7. The van der Waals surface area contributed by atoms with Crippen molar-refractivity contribution in [1.82, 2.24) is 14.3 Å². The Hall–Kier alpha value is -4.63. The van der Waals surface area contributed by atoms with Gasteiger partial charge in [0.1, 0.15) is 23.1 Å². The highest BCUT2D eigenvalue weighted by Gasteiger charge is 2.23. The number of carbonyl (C=O) groups is 1. The van der Waals surface area contributed by atoms with Crippen molar-refractivity contribution < 1.29 is 13.9 Å². The zero-order chi connectivity index (χ0) is 28.9. The summed E-state index contributed by atoms with van der Waals surface area (Å²) >= 11 is 1.41. The Morgan fingerprint density at radius 1 is 0.929 bits per heavy atom. The van der Waals surface area contributed by atoms with Crippen LogP contribution in [0.5, 0.6) is 11.5 Å². The van der Waals surface area contributed by atoms with Crippen molar-refractivity contribution in [3.8, 4) is 22.8 Å². The van der Waals surface area contributed by atoms with Crippen LogP contribution in [0.4, 0.5) is 15.6 Å². The maximum absolute atomic E-state index is 13.2. The van der Waals surface area contributed by atoms with Gasteiger partial charge in [0.15, 0.2) is 5.76 Å². The van der Waals surface area contributed by atoms with Crippen LogP contribution in [0.3, 0.4) is 0 Å². The van der Waals surface area contributed by atoms with Crippen molar-refractivity contribution in [2.75, 3.05) is 36.4 Å². The normalized spacial score (nSPS) is 13.6. The van der Waals surface area contributed by atoms with Gasteiger partial charge < -0.3 is 24.3 Å². The average molecular weight is 580 g/mol. The first-order valence-electron chi connectivity index (χ1n) is 14.1. The van der Waals surface area contributed by atoms with Gasteiger partial charge in [0.25, 0.3) is 0 Å². The van der Waals surface area contributed by atoms with E-state index in [9.17, 15) is 4.79 Å². The Morgan fingerprint density at radius 2 is 1.67 bits per heavy atom. The number of nitrogens with one attached hydrogen (secondary N) is 1. The molecule has 1 N–H and O–H groups in total. The van der Waals surface area contributed by atoms with Crippen LogP contribution in [0.1, 0.15) is 29.1 Å². The molecule has 8 nitrogen and oxygen atoms in total. The molecule has 0 radical (unpaired) electrons. The predicted molar refractivity (Wildman–Crippen MR) is 167 cm³/mol. The van der Waals surface area contributed by atoms with E-state index in [1.807, 2.05) is 84.6 Å². The maximum atomic E-state index is 13.2. The molecule has 0 unspecified atom stereocenters. The topological polar surface area (TPSA) is 83.7 Å². The zero-order valence-electron chi connectivity index (χ0n) is 23.7. The van der Waals surface area contributed by atoms with Crippen LogP contribution >= 0.6 is 11.5 Å². The summed E-state index contributed by atoms with van der Waals surface area (Å²) in [5.41, 5.74) is 3.95. The Bertz CT molecular complexity index is 1630. The Labute approximate surface area is 249 Å². The predicted octanol–water partition coefficient (Wildman–Crippen LogP) is 7.54. The van der Waals surface area contributed by atoms with Crippen molar-refractivity contribution in [3.05, 3.63) is 108 Å². The fourth-order valence-corrected chi connectivity index (χ4v) is 5.70. The molecule has 0 bridgehead atoms. The van der Waals surface area contributed by atoms with Crippen LogP contribution in [-0.2, 0) is 6.42 Å². The van der Waals surface area contributed by atoms with Gasteiger partial charge in [0.05, 0.1) is 5.69 Å². The number of nitrogens with zero attached hydrogens (tertiary/aromatic N) is 4. The number of benzene rings is 3. The molecule has 2 aromatic heterocycles. The summed E-state index contributed by atoms with van der Waals surface area (Å²) in [7, 11) is 0. The number of aryl methyl sites for hydroxylation is 2. The summed E-state index contributed by atoms with van der Waals surface area (Å²) < 4.78 is 16.5. The molecule has 0 saturated carbocycles. The van der Waals surface area contributed by atoms with E-state index in [0.717, 1.165) is 52.3 Å². The second-order valence-electron chi connectivity index (χ2n) is 10.5. The lowest BCUT2D eigenvalue weighted by Gasteiger charge is -2.21. The van der Waals surface area contributed by atoms with Crippen LogP contribution in [0, 0.1) is 13.8 Å². The highest BCUT2D eigenvalue weighted by atomic mass is 32.1. The highest BCUT2D eigenvalue weighted by Crippen LogP contribution is 2.32. The standard InChI is InChI=1S/C33H33N5O3S/c1-23-9-13-27(14-10-23)41-28-15-11-25(12-16-28)22-30-35-33(42-36-30)38-18-6-17-37(19-20-38)32(39)34-29-21-24(2)40-31(29)26-7-4-3-5-8-26/h3-5,7-16,21H,6,17-20,22H2,1-2H3,(H,34,39). The monoisotopic (exact) mass is 579 g/mol. The van der Waals surface area contributed by atoms with Gasteiger partial charge in [0, 0.05) is 55.8 Å². The molecule has 1 saturated heterocycles. The number of furan rings is 1. The number of amides is 2. The molecule has 5 aromatic rings. The van der Waals surface area contributed by atoms with E-state index in [2.05, 4.69) is 33.6 Å². The number of hydrogen-bond acceptors (Lipinski definition) is 7. The summed E-state index contributed by atoms with van der Waals surface area (Å²) in [6.45, 7) is 6.73. The minimum Gasteiger partial charge on any atom is -0.459 e. The second-order valence-corrected chi connectivity index (χ2v) is 11.2. The van der Waals surface area contributed by atoms with E-state index in [1.165, 1.54) is 17.1 Å². The summed E-state index contributed by atoms with van der Waals surface area (Å²) in [4.78, 5) is 22.1. The van der Waals surface area contributed by atoms with Gasteiger partial charge in [-0.25, -0.2) is 9.78 Å². The van der Waals surface area contributed by atoms with Crippen LogP contribution in [0.25, 0.3) is 11.3 Å². The van der Waals surface area contributed by atoms with Crippen LogP contribution < -0.4 is 15.0 Å². The van der Waals surface area contributed by atoms with E-state index in [4.69, 9.17) is 14.1 Å². The fraction of sp³-hybridized carbons (Fsp3) is 0.242. The van der Waals surface area contributed by atoms with Gasteiger partial charge in [0.2, 0.25) is 5.13 Å². The lowest BCUT2D eigenvalue weighted by molar-refractivity contribution is 0.215. The number of urea groups is 1. The number of aromatic nitrogens is 2. The molecule has 214 valence electrons. The molecule has 0 aliphatic carbocycles. The summed E-state index contributed by atoms with van der Waals surface area (Å²) in [5.74, 6) is 3.84. The molecular weight excluding hydrogens is 546 g/mol. The lowest BCUT2D eigenvalue weighted by Crippen LogP contribution is -2.38. The maximum Gasteiger partial charge on any atom is 0.322 e. The Kier molecular flexibility index (Phi) is 8.18. The largest absolute Gasteiger partial charge is 0.459 e. The van der Waals surface area contributed by atoms with Crippen LogP contribution in [-0.4, -0.2) is 46.5 Å². The third-order valence-electron chi connectivity index (χ3n) is 7.19. The average Bonchev–Trinajstić information content (AvgIpc) is 3.53. The van der Waals surface area contributed by atoms with Crippen molar-refractivity contribution in [3.63, 3.8) is 0 Å².